The summed E-state index contributed by atoms with van der Waals surface area (Å²) in [4.78, 5) is 61.1. The molecule has 24 heteroatoms. The zero-order chi connectivity index (χ0) is 60.3. The Balaban J connectivity index is 0.000000236. The maximum atomic E-state index is 13.4. The van der Waals surface area contributed by atoms with Gasteiger partial charge >= 0.3 is 24.7 Å². The van der Waals surface area contributed by atoms with Gasteiger partial charge in [-0.05, 0) is 131 Å². The van der Waals surface area contributed by atoms with Crippen LogP contribution >= 0.6 is 0 Å². The lowest BCUT2D eigenvalue weighted by Gasteiger charge is -2.49. The maximum absolute atomic E-state index is 13.4. The van der Waals surface area contributed by atoms with E-state index in [1.165, 1.54) is 45.4 Å². The number of amides is 3. The smallest absolute Gasteiger partial charge is 0.373 e. The van der Waals surface area contributed by atoms with Crippen molar-refractivity contribution in [2.75, 3.05) is 33.4 Å². The van der Waals surface area contributed by atoms with Gasteiger partial charge < -0.3 is 9.47 Å². The lowest BCUT2D eigenvalue weighted by Crippen LogP contribution is -2.56. The number of hydroxylamine groups is 2. The van der Waals surface area contributed by atoms with E-state index < -0.39 is 87.0 Å². The van der Waals surface area contributed by atoms with Gasteiger partial charge in [-0.15, -0.1) is 0 Å². The van der Waals surface area contributed by atoms with Gasteiger partial charge in [0.1, 0.15) is 18.9 Å². The Morgan fingerprint density at radius 2 is 0.866 bits per heavy atom. The van der Waals surface area contributed by atoms with Crippen LogP contribution in [0.25, 0.3) is 0 Å². The van der Waals surface area contributed by atoms with Crippen molar-refractivity contribution in [2.24, 2.45) is 9.98 Å². The van der Waals surface area contributed by atoms with Gasteiger partial charge in [0.15, 0.2) is 0 Å². The van der Waals surface area contributed by atoms with Crippen molar-refractivity contribution in [2.45, 2.75) is 144 Å². The molecule has 4 aliphatic rings. The third kappa shape index (κ3) is 14.4. The lowest BCUT2D eigenvalue weighted by atomic mass is 9.63. The van der Waals surface area contributed by atoms with E-state index in [4.69, 9.17) is 9.47 Å². The minimum absolute atomic E-state index is 0.0149. The Hall–Kier alpha value is -6.66. The molecule has 8 rings (SSSR count). The molecule has 2 aliphatic carbocycles. The number of hydrogen-bond acceptors (Lipinski definition) is 9. The molecule has 0 radical (unpaired) electrons. The number of benzene rings is 4. The molecule has 2 fully saturated rings. The van der Waals surface area contributed by atoms with E-state index in [-0.39, 0.29) is 80.0 Å². The van der Waals surface area contributed by atoms with Crippen molar-refractivity contribution < 1.29 is 86.5 Å². The molecule has 0 saturated heterocycles. The van der Waals surface area contributed by atoms with Crippen molar-refractivity contribution in [3.05, 3.63) is 142 Å². The summed E-state index contributed by atoms with van der Waals surface area (Å²) in [7, 11) is 1.19. The fraction of sp³-hybridized carbons (Fsp3) is 0.483. The quantitative estimate of drug-likeness (QED) is 0.0669. The summed E-state index contributed by atoms with van der Waals surface area (Å²) in [6.45, 7) is 4.23. The predicted octanol–water partition coefficient (Wildman–Crippen LogP) is 13.1. The van der Waals surface area contributed by atoms with E-state index >= 15 is 0 Å². The van der Waals surface area contributed by atoms with Gasteiger partial charge in [0.2, 0.25) is 17.7 Å². The molecule has 2 atom stereocenters. The largest absolute Gasteiger partial charge is 0.416 e. The van der Waals surface area contributed by atoms with E-state index in [1.54, 1.807) is 4.90 Å². The zero-order valence-corrected chi connectivity index (χ0v) is 45.1. The number of carbonyl (C=O) groups is 4. The second-order valence-corrected chi connectivity index (χ2v) is 21.7. The van der Waals surface area contributed by atoms with Crippen LogP contribution in [0.15, 0.2) is 107 Å². The van der Waals surface area contributed by atoms with Crippen molar-refractivity contribution in [1.29, 1.82) is 0 Å². The third-order valence-electron chi connectivity index (χ3n) is 16.3. The lowest BCUT2D eigenvalue weighted by molar-refractivity contribution is -0.163. The van der Waals surface area contributed by atoms with Gasteiger partial charge in [-0.2, -0.15) is 52.7 Å². The second-order valence-electron chi connectivity index (χ2n) is 21.7. The molecule has 12 nitrogen and oxygen atoms in total. The number of ketones is 1. The first-order valence-corrected chi connectivity index (χ1v) is 26.2. The van der Waals surface area contributed by atoms with Crippen LogP contribution in [0.2, 0.25) is 0 Å². The van der Waals surface area contributed by atoms with E-state index in [9.17, 15) is 77.1 Å². The summed E-state index contributed by atoms with van der Waals surface area (Å²) in [5.41, 5.74) is -7.45. The fourth-order valence-corrected chi connectivity index (χ4v) is 11.5. The molecule has 444 valence electrons. The number of Topliss-reactive ketones (excluding diaryl/α,β-unsaturated/α-hetero) is 1. The molecule has 0 bridgehead atoms. The highest BCUT2D eigenvalue weighted by molar-refractivity contribution is 5.96. The first-order valence-electron chi connectivity index (χ1n) is 26.2. The van der Waals surface area contributed by atoms with Gasteiger partial charge in [0.05, 0.1) is 77.9 Å². The van der Waals surface area contributed by atoms with E-state index in [0.717, 1.165) is 11.1 Å². The Labute approximate surface area is 465 Å². The Morgan fingerprint density at radius 3 is 1.13 bits per heavy atom. The average molecular weight is 1170 g/mol. The molecule has 1 N–H and O–H groups in total. The molecule has 2 saturated carbocycles. The highest BCUT2D eigenvalue weighted by atomic mass is 19.4. The van der Waals surface area contributed by atoms with Crippen LogP contribution in [0.4, 0.5) is 52.7 Å². The molecule has 4 aromatic carbocycles. The topological polar surface area (TPSA) is 141 Å². The third-order valence-corrected chi connectivity index (χ3v) is 16.3. The van der Waals surface area contributed by atoms with Crippen molar-refractivity contribution in [3.63, 3.8) is 0 Å². The van der Waals surface area contributed by atoms with Gasteiger partial charge in [-0.1, -0.05) is 60.7 Å². The van der Waals surface area contributed by atoms with Crippen LogP contribution in [0.3, 0.4) is 0 Å². The number of rotatable bonds is 16. The number of nitrogens with zero attached hydrogens (tertiary/aromatic N) is 5. The van der Waals surface area contributed by atoms with Crippen LogP contribution in [0, 0.1) is 0 Å². The zero-order valence-electron chi connectivity index (χ0n) is 45.1. The summed E-state index contributed by atoms with van der Waals surface area (Å²) >= 11 is 0. The maximum Gasteiger partial charge on any atom is 0.416 e. The van der Waals surface area contributed by atoms with Crippen molar-refractivity contribution in [3.8, 4) is 0 Å². The van der Waals surface area contributed by atoms with Crippen LogP contribution in [0.1, 0.15) is 142 Å². The monoisotopic (exact) mass is 1170 g/mol. The van der Waals surface area contributed by atoms with Gasteiger partial charge in [-0.3, -0.25) is 44.2 Å². The summed E-state index contributed by atoms with van der Waals surface area (Å²) in [6, 6.07) is 21.4. The predicted molar refractivity (Wildman–Crippen MR) is 275 cm³/mol. The standard InChI is InChI=1S/C29H31F6N3O4.C29H30F6N2O3/c1-19(20-12-22(28(30,31)32)14-23(13-20)29(33,34)35)42-17-26(21-6-4-3-5-7-21)8-10-27(11-9-26,15-24(39)37(2)41)38-18-36-16-25(38)40;1-19(38)15-27(37-18-36-16-25(37)39)10-8-26(9-11-27,22-6-4-3-5-7-22)17-40-20(2)21-12-23(28(30,31)32)14-24(13-21)29(33,34)35/h3-7,12-14,18-19,41H,8-11,15-17H2,1-2H3;3-7,12-14,18,20H,8-11,15-17H2,1-2H3/t19-,26?,27?;20-,26?,27?/m11/s1. The summed E-state index contributed by atoms with van der Waals surface area (Å²) in [6.07, 6.45) is -16.0. The number of carbonyl (C=O) groups excluding carboxylic acids is 4. The van der Waals surface area contributed by atoms with Crippen molar-refractivity contribution >= 4 is 36.2 Å². The number of ether oxygens (including phenoxy) is 2. The van der Waals surface area contributed by atoms with Crippen molar-refractivity contribution in [1.82, 2.24) is 14.9 Å². The minimum atomic E-state index is -4.98. The van der Waals surface area contributed by atoms with Crippen LogP contribution in [-0.2, 0) is 64.2 Å². The number of hydrogen-bond donors (Lipinski definition) is 1. The van der Waals surface area contributed by atoms with E-state index in [0.29, 0.717) is 80.7 Å². The molecule has 0 spiro atoms. The normalized spacial score (nSPS) is 24.1. The van der Waals surface area contributed by atoms with Crippen LogP contribution in [-0.4, -0.2) is 101 Å². The summed E-state index contributed by atoms with van der Waals surface area (Å²) in [5, 5.41) is 10.2. The van der Waals surface area contributed by atoms with Crippen LogP contribution in [0.5, 0.6) is 0 Å². The number of alkyl halides is 12. The molecule has 3 amide bonds. The highest BCUT2D eigenvalue weighted by Gasteiger charge is 2.52. The molecule has 82 heavy (non-hydrogen) atoms. The minimum Gasteiger partial charge on any atom is -0.373 e. The molecule has 4 aromatic rings. The SMILES string of the molecule is CC(=O)CC1(N2C=NCC2=O)CCC(CO[C@H](C)c2cc(C(F)(F)F)cc(C(F)(F)F)c2)(c2ccccc2)CC1.C[C@@H](OCC1(c2ccccc2)CCC(CC(=O)N(C)O)(N2C=NCC2=O)CC1)c1cc(C(F)(F)F)cc(C(F)(F)F)c1. The second kappa shape index (κ2) is 24.3. The first kappa shape index (κ1) is 62.9. The molecule has 0 unspecified atom stereocenters. The van der Waals surface area contributed by atoms with E-state index in [2.05, 4.69) is 9.98 Å². The van der Waals surface area contributed by atoms with Gasteiger partial charge in [0, 0.05) is 24.3 Å². The van der Waals surface area contributed by atoms with Crippen LogP contribution < -0.4 is 0 Å². The molecular weight excluding hydrogens is 1110 g/mol. The number of aliphatic imine (C=N–C) groups is 2. The summed E-state index contributed by atoms with van der Waals surface area (Å²) in [5.74, 6) is -1.14. The molecule has 2 heterocycles. The Morgan fingerprint density at radius 1 is 0.549 bits per heavy atom. The Kier molecular flexibility index (Phi) is 18.6. The average Bonchev–Trinajstić information content (AvgIpc) is 4.11. The number of halogens is 12. The van der Waals surface area contributed by atoms with Gasteiger partial charge in [-0.25, -0.2) is 5.06 Å². The van der Waals surface area contributed by atoms with E-state index in [1.807, 2.05) is 60.7 Å². The van der Waals surface area contributed by atoms with Gasteiger partial charge in [0.25, 0.3) is 0 Å². The summed E-state index contributed by atoms with van der Waals surface area (Å²) < 4.78 is 173. The molecular formula is C58H61F12N5O7. The highest BCUT2D eigenvalue weighted by Crippen LogP contribution is 2.51. The molecule has 2 aliphatic heterocycles. The Bertz CT molecular complexity index is 2920. The first-order chi connectivity index (χ1) is 38.2. The molecule has 0 aromatic heterocycles. The fourth-order valence-electron chi connectivity index (χ4n) is 11.5.